The molecule has 0 fully saturated rings. The van der Waals surface area contributed by atoms with E-state index in [0.717, 1.165) is 0 Å². The van der Waals surface area contributed by atoms with Crippen molar-refractivity contribution in [3.8, 4) is 17.0 Å². The van der Waals surface area contributed by atoms with Crippen molar-refractivity contribution in [2.75, 3.05) is 18.7 Å². The molecule has 3 aromatic rings. The van der Waals surface area contributed by atoms with Crippen LogP contribution < -0.4 is 21.1 Å². The molecule has 1 unspecified atom stereocenters. The van der Waals surface area contributed by atoms with Crippen LogP contribution in [0.2, 0.25) is 0 Å². The molecule has 1 atom stereocenters. The average Bonchev–Trinajstić information content (AvgIpc) is 2.95. The molecule has 3 rings (SSSR count). The van der Waals surface area contributed by atoms with Crippen LogP contribution in [0.25, 0.3) is 11.1 Å². The molecule has 0 spiro atoms. The molecule has 15 nitrogen and oxygen atoms in total. The summed E-state index contributed by atoms with van der Waals surface area (Å²) >= 11 is 0. The monoisotopic (exact) mass is 613 g/mol. The van der Waals surface area contributed by atoms with E-state index in [2.05, 4.69) is 29.8 Å². The lowest BCUT2D eigenvalue weighted by molar-refractivity contribution is 0.0187. The highest BCUT2D eigenvalue weighted by atomic mass is 32.2. The van der Waals surface area contributed by atoms with Gasteiger partial charge in [0.1, 0.15) is 29.1 Å². The number of aliphatic hydroxyl groups excluding tert-OH is 1. The van der Waals surface area contributed by atoms with Crippen LogP contribution in [-0.4, -0.2) is 71.7 Å². The minimum absolute atomic E-state index is 0.0127. The van der Waals surface area contributed by atoms with Crippen LogP contribution in [0.4, 0.5) is 5.69 Å². The third-order valence-electron chi connectivity index (χ3n) is 6.35. The average molecular weight is 614 g/mol. The van der Waals surface area contributed by atoms with Gasteiger partial charge < -0.3 is 30.4 Å². The van der Waals surface area contributed by atoms with E-state index in [9.17, 15) is 27.9 Å². The van der Waals surface area contributed by atoms with Gasteiger partial charge in [-0.15, -0.1) is 0 Å². The van der Waals surface area contributed by atoms with Crippen molar-refractivity contribution in [3.05, 3.63) is 65.4 Å². The molecular formula is C27H31N7O8S. The normalized spacial score (nSPS) is 12.1. The number of nitrogens with one attached hydrogen (secondary N) is 3. The minimum atomic E-state index is -4.31. The Morgan fingerprint density at radius 1 is 1.02 bits per heavy atom. The number of aliphatic hydroxyl groups is 1. The zero-order valence-corrected chi connectivity index (χ0v) is 24.8. The van der Waals surface area contributed by atoms with E-state index in [1.807, 2.05) is 6.92 Å². The van der Waals surface area contributed by atoms with Crippen molar-refractivity contribution in [2.24, 2.45) is 11.1 Å². The van der Waals surface area contributed by atoms with E-state index in [0.29, 0.717) is 12.7 Å². The predicted octanol–water partition coefficient (Wildman–Crippen LogP) is 1.68. The second kappa shape index (κ2) is 12.9. The van der Waals surface area contributed by atoms with Crippen LogP contribution in [0.1, 0.15) is 64.4 Å². The molecule has 3 aromatic heterocycles. The lowest BCUT2D eigenvalue weighted by Gasteiger charge is -2.29. The first-order valence-corrected chi connectivity index (χ1v) is 14.5. The van der Waals surface area contributed by atoms with Gasteiger partial charge in [-0.25, -0.2) is 14.8 Å². The number of amidine groups is 1. The molecule has 228 valence electrons. The number of nitrogens with two attached hydrogens (primary N) is 1. The largest absolute Gasteiger partial charge is 0.481 e. The molecule has 0 aliphatic heterocycles. The Morgan fingerprint density at radius 2 is 1.65 bits per heavy atom. The molecule has 0 aliphatic carbocycles. The second-order valence-electron chi connectivity index (χ2n) is 9.94. The zero-order valence-electron chi connectivity index (χ0n) is 24.0. The first kappa shape index (κ1) is 32.6. The highest BCUT2D eigenvalue weighted by Gasteiger charge is 2.30. The van der Waals surface area contributed by atoms with Crippen LogP contribution in [0.15, 0.2) is 42.6 Å². The van der Waals surface area contributed by atoms with Crippen LogP contribution in [0.5, 0.6) is 5.88 Å². The Kier molecular flexibility index (Phi) is 9.78. The molecular weight excluding hydrogens is 582 g/mol. The summed E-state index contributed by atoms with van der Waals surface area (Å²) in [6, 6.07) is 8.15. The number of ether oxygens (including phenoxy) is 1. The van der Waals surface area contributed by atoms with Gasteiger partial charge in [-0.1, -0.05) is 20.8 Å². The van der Waals surface area contributed by atoms with Gasteiger partial charge in [0, 0.05) is 22.6 Å². The minimum Gasteiger partial charge on any atom is -0.481 e. The Morgan fingerprint density at radius 3 is 2.21 bits per heavy atom. The topological polar surface area (TPSA) is 237 Å². The fourth-order valence-electron chi connectivity index (χ4n) is 3.49. The number of carbonyl (C=O) groups is 3. The number of carbonyl (C=O) groups excluding carboxylic acids is 3. The number of pyridine rings is 3. The summed E-state index contributed by atoms with van der Waals surface area (Å²) in [6.45, 7) is 5.30. The molecule has 0 aromatic carbocycles. The Balaban J connectivity index is 2.12. The van der Waals surface area contributed by atoms with Crippen molar-refractivity contribution in [1.82, 2.24) is 20.3 Å². The maximum atomic E-state index is 13.4. The standard InChI is InChI=1S/C27H31N7O8S/c1-6-27(2,3)26(38)34-23(35)18-11-8-16(21(32-18)25(37)42-43(5,39)40)15-9-12-19(41-4)33-20(15)24(36)31-14-7-10-17(22(28)29)30-13-14/h7-13,26,38H,6H2,1-5H3,(H3,28,29)(H,31,36)(H,34,35). The number of anilines is 1. The van der Waals surface area contributed by atoms with E-state index < -0.39 is 45.2 Å². The number of hydrogen-bond donors (Lipinski definition) is 5. The van der Waals surface area contributed by atoms with Crippen molar-refractivity contribution < 1.29 is 36.8 Å². The molecule has 0 saturated carbocycles. The second-order valence-corrected chi connectivity index (χ2v) is 11.5. The number of aromatic nitrogens is 3. The van der Waals surface area contributed by atoms with Gasteiger partial charge in [-0.3, -0.25) is 20.0 Å². The third kappa shape index (κ3) is 8.08. The molecule has 16 heteroatoms. The maximum absolute atomic E-state index is 13.4. The lowest BCUT2D eigenvalue weighted by Crippen LogP contribution is -2.45. The highest BCUT2D eigenvalue weighted by Crippen LogP contribution is 2.30. The first-order valence-electron chi connectivity index (χ1n) is 12.7. The Bertz CT molecular complexity index is 1680. The van der Waals surface area contributed by atoms with Gasteiger partial charge in [-0.2, -0.15) is 8.42 Å². The Labute approximate surface area is 247 Å². The SMILES string of the molecule is CCC(C)(C)C(O)NC(=O)c1ccc(-c2ccc(OC)nc2C(=O)Nc2ccc(C(=N)N)nc2)c(C(=O)OS(C)(=O)=O)n1. The fourth-order valence-corrected chi connectivity index (χ4v) is 3.84. The number of methoxy groups -OCH3 is 1. The molecule has 0 saturated heterocycles. The molecule has 0 radical (unpaired) electrons. The first-order chi connectivity index (χ1) is 20.1. The summed E-state index contributed by atoms with van der Waals surface area (Å²) in [5.74, 6) is -3.28. The number of hydrogen-bond acceptors (Lipinski definition) is 12. The van der Waals surface area contributed by atoms with Gasteiger partial charge in [0.2, 0.25) is 5.88 Å². The number of nitrogen functional groups attached to an aromatic ring is 1. The molecule has 43 heavy (non-hydrogen) atoms. The van der Waals surface area contributed by atoms with Crippen LogP contribution in [-0.2, 0) is 14.3 Å². The summed E-state index contributed by atoms with van der Waals surface area (Å²) in [7, 11) is -2.98. The molecule has 0 aliphatic rings. The van der Waals surface area contributed by atoms with Crippen molar-refractivity contribution in [1.29, 1.82) is 5.41 Å². The smallest absolute Gasteiger partial charge is 0.373 e. The quantitative estimate of drug-likeness (QED) is 0.0899. The zero-order chi connectivity index (χ0) is 32.1. The fraction of sp³-hybridized carbons (Fsp3) is 0.296. The van der Waals surface area contributed by atoms with E-state index in [1.165, 1.54) is 49.7 Å². The van der Waals surface area contributed by atoms with E-state index in [1.54, 1.807) is 13.8 Å². The van der Waals surface area contributed by atoms with Crippen molar-refractivity contribution >= 4 is 39.4 Å². The van der Waals surface area contributed by atoms with Gasteiger partial charge in [0.05, 0.1) is 25.2 Å². The number of rotatable bonds is 11. The van der Waals surface area contributed by atoms with Gasteiger partial charge >= 0.3 is 16.1 Å². The predicted molar refractivity (Wildman–Crippen MR) is 155 cm³/mol. The summed E-state index contributed by atoms with van der Waals surface area (Å²) in [5.41, 5.74) is 3.85. The highest BCUT2D eigenvalue weighted by molar-refractivity contribution is 7.86. The van der Waals surface area contributed by atoms with Crippen molar-refractivity contribution in [2.45, 2.75) is 33.4 Å². The molecule has 3 heterocycles. The maximum Gasteiger partial charge on any atom is 0.373 e. The van der Waals surface area contributed by atoms with E-state index in [-0.39, 0.29) is 45.6 Å². The number of amides is 2. The van der Waals surface area contributed by atoms with Gasteiger partial charge in [0.15, 0.2) is 5.69 Å². The third-order valence-corrected chi connectivity index (χ3v) is 6.80. The lowest BCUT2D eigenvalue weighted by atomic mass is 9.88. The van der Waals surface area contributed by atoms with Crippen molar-refractivity contribution in [3.63, 3.8) is 0 Å². The molecule has 6 N–H and O–H groups in total. The van der Waals surface area contributed by atoms with Crippen LogP contribution in [0.3, 0.4) is 0 Å². The summed E-state index contributed by atoms with van der Waals surface area (Å²) in [4.78, 5) is 51.6. The summed E-state index contributed by atoms with van der Waals surface area (Å²) < 4.78 is 33.3. The molecule has 0 bridgehead atoms. The van der Waals surface area contributed by atoms with E-state index in [4.69, 9.17) is 15.9 Å². The van der Waals surface area contributed by atoms with E-state index >= 15 is 0 Å². The van der Waals surface area contributed by atoms with Gasteiger partial charge in [0.25, 0.3) is 11.8 Å². The van der Waals surface area contributed by atoms with Crippen LogP contribution >= 0.6 is 0 Å². The summed E-state index contributed by atoms with van der Waals surface area (Å²) in [6.07, 6.45) is 1.19. The van der Waals surface area contributed by atoms with Crippen LogP contribution in [0, 0.1) is 10.8 Å². The molecule has 2 amide bonds. The van der Waals surface area contributed by atoms with Gasteiger partial charge in [-0.05, 0) is 36.8 Å². The Hall–Kier alpha value is -4.96. The number of nitrogens with zero attached hydrogens (tertiary/aromatic N) is 3. The summed E-state index contributed by atoms with van der Waals surface area (Å²) in [5, 5.41) is 22.9.